The second kappa shape index (κ2) is 5.50. The van der Waals surface area contributed by atoms with Gasteiger partial charge in [-0.3, -0.25) is 4.79 Å². The van der Waals surface area contributed by atoms with Crippen LogP contribution in [0.15, 0.2) is 6.20 Å². The highest BCUT2D eigenvalue weighted by atomic mass is 16.4. The van der Waals surface area contributed by atoms with Gasteiger partial charge >= 0.3 is 5.97 Å². The van der Waals surface area contributed by atoms with Gasteiger partial charge in [-0.25, -0.2) is 4.98 Å². The van der Waals surface area contributed by atoms with Crippen LogP contribution >= 0.6 is 0 Å². The Balaban J connectivity index is 2.36. The molecule has 5 N–H and O–H groups in total. The van der Waals surface area contributed by atoms with Crippen LogP contribution in [0.4, 0.5) is 5.95 Å². The molecule has 0 aliphatic heterocycles. The molecule has 1 aromatic heterocycles. The van der Waals surface area contributed by atoms with Crippen LogP contribution in [0.3, 0.4) is 0 Å². The maximum atomic E-state index is 10.9. The number of nitrogen functional groups attached to an aromatic ring is 1. The molecular formula is C10H18N4O2. The van der Waals surface area contributed by atoms with Crippen molar-refractivity contribution in [1.29, 1.82) is 0 Å². The number of rotatable bonds is 6. The molecule has 0 aliphatic carbocycles. The second-order valence-electron chi connectivity index (χ2n) is 4.04. The molecule has 0 saturated carbocycles. The molecule has 0 radical (unpaired) electrons. The minimum Gasteiger partial charge on any atom is -0.480 e. The van der Waals surface area contributed by atoms with Crippen molar-refractivity contribution < 1.29 is 9.90 Å². The molecule has 1 unspecified atom stereocenters. The van der Waals surface area contributed by atoms with Gasteiger partial charge in [-0.05, 0) is 5.92 Å². The molecule has 0 bridgehead atoms. The molecule has 0 spiro atoms. The van der Waals surface area contributed by atoms with Crippen LogP contribution in [0, 0.1) is 5.92 Å². The van der Waals surface area contributed by atoms with Crippen LogP contribution in [0.25, 0.3) is 0 Å². The number of hydrogen-bond donors (Lipinski definition) is 4. The summed E-state index contributed by atoms with van der Waals surface area (Å²) in [5, 5.41) is 11.9. The molecular weight excluding hydrogens is 208 g/mol. The Labute approximate surface area is 94.3 Å². The zero-order chi connectivity index (χ0) is 12.1. The largest absolute Gasteiger partial charge is 0.480 e. The van der Waals surface area contributed by atoms with E-state index in [4.69, 9.17) is 10.8 Å². The highest BCUT2D eigenvalue weighted by Gasteiger charge is 2.20. The fourth-order valence-electron chi connectivity index (χ4n) is 1.47. The van der Waals surface area contributed by atoms with E-state index in [2.05, 4.69) is 15.3 Å². The number of nitrogens with two attached hydrogens (primary N) is 1. The number of aliphatic carboxylic acids is 1. The number of carbonyl (C=O) groups is 1. The van der Waals surface area contributed by atoms with Crippen LogP contribution in [0.1, 0.15) is 19.5 Å². The predicted molar refractivity (Wildman–Crippen MR) is 61.0 cm³/mol. The third-order valence-electron chi connectivity index (χ3n) is 2.33. The Morgan fingerprint density at radius 3 is 2.81 bits per heavy atom. The number of carboxylic acid groups (broad SMARTS) is 1. The molecule has 90 valence electrons. The summed E-state index contributed by atoms with van der Waals surface area (Å²) in [5.74, 6) is -0.382. The first-order chi connectivity index (χ1) is 7.50. The van der Waals surface area contributed by atoms with Gasteiger partial charge in [0.1, 0.15) is 6.04 Å². The lowest BCUT2D eigenvalue weighted by molar-refractivity contribution is -0.140. The summed E-state index contributed by atoms with van der Waals surface area (Å²) in [7, 11) is 0. The maximum absolute atomic E-state index is 10.9. The Morgan fingerprint density at radius 1 is 1.69 bits per heavy atom. The Kier molecular flexibility index (Phi) is 4.30. The van der Waals surface area contributed by atoms with E-state index in [1.807, 2.05) is 13.8 Å². The molecule has 0 aromatic carbocycles. The van der Waals surface area contributed by atoms with Crippen molar-refractivity contribution in [3.63, 3.8) is 0 Å². The molecule has 0 saturated heterocycles. The predicted octanol–water partition coefficient (Wildman–Crippen LogP) is 0.233. The molecule has 1 heterocycles. The molecule has 0 amide bonds. The number of nitrogens with one attached hydrogen (secondary N) is 2. The first kappa shape index (κ1) is 12.5. The van der Waals surface area contributed by atoms with Gasteiger partial charge < -0.3 is 21.1 Å². The Morgan fingerprint density at radius 2 is 2.38 bits per heavy atom. The van der Waals surface area contributed by atoms with Crippen molar-refractivity contribution in [1.82, 2.24) is 15.3 Å². The SMILES string of the molecule is CC(C)C(NCCc1c[nH]c(N)n1)C(=O)O. The minimum absolute atomic E-state index is 0.0572. The van der Waals surface area contributed by atoms with Crippen LogP contribution in [-0.4, -0.2) is 33.6 Å². The van der Waals surface area contributed by atoms with Crippen molar-refractivity contribution in [2.24, 2.45) is 5.92 Å². The number of imidazole rings is 1. The Bertz CT molecular complexity index is 348. The van der Waals surface area contributed by atoms with Gasteiger partial charge in [0, 0.05) is 19.2 Å². The fourth-order valence-corrected chi connectivity index (χ4v) is 1.47. The molecule has 0 aliphatic rings. The van der Waals surface area contributed by atoms with Crippen molar-refractivity contribution >= 4 is 11.9 Å². The van der Waals surface area contributed by atoms with E-state index in [0.717, 1.165) is 5.69 Å². The highest BCUT2D eigenvalue weighted by Crippen LogP contribution is 2.02. The molecule has 6 nitrogen and oxygen atoms in total. The van der Waals surface area contributed by atoms with Gasteiger partial charge in [-0.15, -0.1) is 0 Å². The van der Waals surface area contributed by atoms with Crippen molar-refractivity contribution in [3.05, 3.63) is 11.9 Å². The van der Waals surface area contributed by atoms with E-state index in [-0.39, 0.29) is 5.92 Å². The third-order valence-corrected chi connectivity index (χ3v) is 2.33. The maximum Gasteiger partial charge on any atom is 0.320 e. The monoisotopic (exact) mass is 226 g/mol. The lowest BCUT2D eigenvalue weighted by atomic mass is 10.0. The van der Waals surface area contributed by atoms with Crippen LogP contribution in [-0.2, 0) is 11.2 Å². The van der Waals surface area contributed by atoms with E-state index in [0.29, 0.717) is 18.9 Å². The normalized spacial score (nSPS) is 12.9. The quantitative estimate of drug-likeness (QED) is 0.556. The molecule has 16 heavy (non-hydrogen) atoms. The lowest BCUT2D eigenvalue weighted by Gasteiger charge is -2.17. The molecule has 1 aromatic rings. The third kappa shape index (κ3) is 3.54. The van der Waals surface area contributed by atoms with Gasteiger partial charge in [0.2, 0.25) is 0 Å². The minimum atomic E-state index is -0.823. The molecule has 6 heteroatoms. The van der Waals surface area contributed by atoms with Crippen LogP contribution < -0.4 is 11.1 Å². The van der Waals surface area contributed by atoms with Crippen LogP contribution in [0.2, 0.25) is 0 Å². The summed E-state index contributed by atoms with van der Waals surface area (Å²) >= 11 is 0. The van der Waals surface area contributed by atoms with Crippen molar-refractivity contribution in [2.75, 3.05) is 12.3 Å². The first-order valence-corrected chi connectivity index (χ1v) is 5.26. The zero-order valence-corrected chi connectivity index (χ0v) is 9.53. The first-order valence-electron chi connectivity index (χ1n) is 5.26. The highest BCUT2D eigenvalue weighted by molar-refractivity contribution is 5.73. The number of anilines is 1. The second-order valence-corrected chi connectivity index (χ2v) is 4.04. The summed E-state index contributed by atoms with van der Waals surface area (Å²) in [6, 6.07) is -0.517. The summed E-state index contributed by atoms with van der Waals surface area (Å²) in [6.07, 6.45) is 2.38. The number of aromatic nitrogens is 2. The number of carboxylic acids is 1. The van der Waals surface area contributed by atoms with E-state index in [1.165, 1.54) is 0 Å². The summed E-state index contributed by atoms with van der Waals surface area (Å²) in [6.45, 7) is 4.32. The molecule has 0 fully saturated rings. The van der Waals surface area contributed by atoms with Gasteiger partial charge in [0.15, 0.2) is 5.95 Å². The summed E-state index contributed by atoms with van der Waals surface area (Å²) in [4.78, 5) is 17.7. The number of nitrogens with zero attached hydrogens (tertiary/aromatic N) is 1. The van der Waals surface area contributed by atoms with Gasteiger partial charge in [0.05, 0.1) is 5.69 Å². The van der Waals surface area contributed by atoms with Gasteiger partial charge in [0.25, 0.3) is 0 Å². The zero-order valence-electron chi connectivity index (χ0n) is 9.53. The van der Waals surface area contributed by atoms with E-state index >= 15 is 0 Å². The summed E-state index contributed by atoms with van der Waals surface area (Å²) in [5.41, 5.74) is 6.26. The molecule has 1 rings (SSSR count). The summed E-state index contributed by atoms with van der Waals surface area (Å²) < 4.78 is 0. The topological polar surface area (TPSA) is 104 Å². The average molecular weight is 226 g/mol. The Hall–Kier alpha value is -1.56. The number of hydrogen-bond acceptors (Lipinski definition) is 4. The van der Waals surface area contributed by atoms with Crippen LogP contribution in [0.5, 0.6) is 0 Å². The smallest absolute Gasteiger partial charge is 0.320 e. The standard InChI is InChI=1S/C10H18N4O2/c1-6(2)8(9(15)16)12-4-3-7-5-13-10(11)14-7/h5-6,8,12H,3-4H2,1-2H3,(H,15,16)(H3,11,13,14). The number of H-pyrrole nitrogens is 1. The van der Waals surface area contributed by atoms with E-state index in [1.54, 1.807) is 6.20 Å². The average Bonchev–Trinajstić information content (AvgIpc) is 2.57. The van der Waals surface area contributed by atoms with Gasteiger partial charge in [-0.1, -0.05) is 13.8 Å². The van der Waals surface area contributed by atoms with Crippen molar-refractivity contribution in [2.45, 2.75) is 26.3 Å². The van der Waals surface area contributed by atoms with E-state index < -0.39 is 12.0 Å². The fraction of sp³-hybridized carbons (Fsp3) is 0.600. The number of aromatic amines is 1. The van der Waals surface area contributed by atoms with E-state index in [9.17, 15) is 4.79 Å². The molecule has 1 atom stereocenters. The van der Waals surface area contributed by atoms with Crippen molar-refractivity contribution in [3.8, 4) is 0 Å². The van der Waals surface area contributed by atoms with Gasteiger partial charge in [-0.2, -0.15) is 0 Å². The lowest BCUT2D eigenvalue weighted by Crippen LogP contribution is -2.41.